The van der Waals surface area contributed by atoms with Crippen molar-refractivity contribution in [3.63, 3.8) is 0 Å². The number of rotatable bonds is 12. The lowest BCUT2D eigenvalue weighted by molar-refractivity contribution is -0.106. The average molecular weight is 793 g/mol. The summed E-state index contributed by atoms with van der Waals surface area (Å²) in [5.41, 5.74) is 15.8. The molecule has 0 atom stereocenters. The minimum Gasteiger partial charge on any atom is -0.508 e. The Bertz CT molecular complexity index is 1580. The molecule has 0 bridgehead atoms. The molecular formula is C54H84N2O2. The van der Waals surface area contributed by atoms with Gasteiger partial charge >= 0.3 is 0 Å². The fraction of sp³-hybridized carbons (Fsp3) is 0.426. The van der Waals surface area contributed by atoms with Gasteiger partial charge in [-0.05, 0) is 138 Å². The van der Waals surface area contributed by atoms with Gasteiger partial charge in [-0.15, -0.1) is 0 Å². The highest BCUT2D eigenvalue weighted by Crippen LogP contribution is 2.22. The van der Waals surface area contributed by atoms with Crippen molar-refractivity contribution < 1.29 is 9.90 Å². The summed E-state index contributed by atoms with van der Waals surface area (Å²) >= 11 is 0. The van der Waals surface area contributed by atoms with Gasteiger partial charge in [0.25, 0.3) is 0 Å². The van der Waals surface area contributed by atoms with Crippen LogP contribution in [0.5, 0.6) is 0 Å². The van der Waals surface area contributed by atoms with Crippen LogP contribution in [0, 0.1) is 26.7 Å². The normalized spacial score (nSPS) is 10.1. The summed E-state index contributed by atoms with van der Waals surface area (Å²) in [4.78, 5) is 8.81. The quantitative estimate of drug-likeness (QED) is 0.0759. The first kappa shape index (κ1) is 57.7. The van der Waals surface area contributed by atoms with Crippen LogP contribution in [0.15, 0.2) is 133 Å². The molecule has 4 heteroatoms. The predicted molar refractivity (Wildman–Crippen MR) is 262 cm³/mol. The van der Waals surface area contributed by atoms with E-state index in [-0.39, 0.29) is 0 Å². The second-order valence-electron chi connectivity index (χ2n) is 14.6. The van der Waals surface area contributed by atoms with E-state index in [4.69, 9.17) is 10.5 Å². The number of anilines is 1. The number of nitrogens with one attached hydrogen (secondary N) is 1. The van der Waals surface area contributed by atoms with Crippen LogP contribution in [-0.2, 0) is 17.6 Å². The standard InChI is InChI=1S/C21H25NO.C9H12.C8H10.C8H16.C4H10.C2H7N.C2H4O/c1-4-8-21(23)20-14-13-19(15-16(20)2)22-17(3)11-12-18-9-6-5-7-10-18;1-2-6-9-7-4-3-5-8-9;1-7-5-3-4-6-8(7)2;1-4-6-8(3)7-5-2;1-4(2)3;2*1-2-3/h5-10,13-15,22-23H,3-4,11-12H2,1-2H3;3-5,7-8H,2,6H2,1H3;3-6H,1-2H3;6H,4-5,7H2,1-3H3;4H,1-3H3;2-3H2,1H3;2H,1H3/b;;;8-6-;;;. The largest absolute Gasteiger partial charge is 0.508 e. The van der Waals surface area contributed by atoms with E-state index < -0.39 is 0 Å². The van der Waals surface area contributed by atoms with Crippen molar-refractivity contribution in [2.45, 2.75) is 141 Å². The number of nitrogens with two attached hydrogens (primary N) is 1. The molecule has 4 N–H and O–H groups in total. The molecule has 0 radical (unpaired) electrons. The Balaban J connectivity index is -0.000000714. The van der Waals surface area contributed by atoms with Gasteiger partial charge in [0.15, 0.2) is 0 Å². The Morgan fingerprint density at radius 2 is 1.12 bits per heavy atom. The highest BCUT2D eigenvalue weighted by atomic mass is 16.3. The smallest absolute Gasteiger partial charge is 0.119 e. The number of allylic oxidation sites excluding steroid dienone is 4. The number of aldehydes is 1. The molecule has 4 aromatic carbocycles. The highest BCUT2D eigenvalue weighted by Gasteiger charge is 2.05. The Morgan fingerprint density at radius 1 is 0.690 bits per heavy atom. The van der Waals surface area contributed by atoms with Crippen molar-refractivity contribution in [3.05, 3.63) is 167 Å². The highest BCUT2D eigenvalue weighted by molar-refractivity contribution is 5.65. The molecule has 0 aromatic heterocycles. The van der Waals surface area contributed by atoms with Gasteiger partial charge in [-0.2, -0.15) is 0 Å². The van der Waals surface area contributed by atoms with Gasteiger partial charge in [0, 0.05) is 16.9 Å². The first-order valence-electron chi connectivity index (χ1n) is 21.5. The summed E-state index contributed by atoms with van der Waals surface area (Å²) in [5.74, 6) is 1.18. The Morgan fingerprint density at radius 3 is 1.50 bits per heavy atom. The number of hydrogen-bond donors (Lipinski definition) is 3. The zero-order valence-electron chi connectivity index (χ0n) is 39.1. The van der Waals surface area contributed by atoms with Crippen molar-refractivity contribution in [2.24, 2.45) is 11.7 Å². The molecule has 0 spiro atoms. The molecule has 0 aliphatic carbocycles. The van der Waals surface area contributed by atoms with Crippen molar-refractivity contribution >= 4 is 17.7 Å². The number of benzene rings is 4. The van der Waals surface area contributed by atoms with Gasteiger partial charge in [-0.1, -0.05) is 171 Å². The molecule has 58 heavy (non-hydrogen) atoms. The average Bonchev–Trinajstić information content (AvgIpc) is 3.18. The number of aliphatic hydroxyl groups excluding tert-OH is 1. The summed E-state index contributed by atoms with van der Waals surface area (Å²) in [6, 6.07) is 35.3. The lowest BCUT2D eigenvalue weighted by atomic mass is 10.0. The van der Waals surface area contributed by atoms with Gasteiger partial charge < -0.3 is 21.0 Å². The molecule has 4 rings (SSSR count). The summed E-state index contributed by atoms with van der Waals surface area (Å²) in [5, 5.41) is 13.4. The van der Waals surface area contributed by atoms with E-state index in [0.29, 0.717) is 5.76 Å². The monoisotopic (exact) mass is 793 g/mol. The lowest BCUT2D eigenvalue weighted by Crippen LogP contribution is -2.01. The molecule has 4 nitrogen and oxygen atoms in total. The van der Waals surface area contributed by atoms with Gasteiger partial charge in [0.2, 0.25) is 0 Å². The minimum absolute atomic E-state index is 0.347. The summed E-state index contributed by atoms with van der Waals surface area (Å²) < 4.78 is 0. The Labute approximate surface area is 357 Å². The molecule has 322 valence electrons. The second-order valence-corrected chi connectivity index (χ2v) is 14.6. The first-order valence-corrected chi connectivity index (χ1v) is 21.5. The molecule has 0 aliphatic heterocycles. The fourth-order valence-corrected chi connectivity index (χ4v) is 4.98. The van der Waals surface area contributed by atoms with Crippen LogP contribution in [0.4, 0.5) is 5.69 Å². The van der Waals surface area contributed by atoms with Gasteiger partial charge in [-0.3, -0.25) is 0 Å². The fourth-order valence-electron chi connectivity index (χ4n) is 4.98. The maximum atomic E-state index is 10.0. The molecule has 4 aromatic rings. The zero-order valence-corrected chi connectivity index (χ0v) is 39.1. The summed E-state index contributed by atoms with van der Waals surface area (Å²) in [7, 11) is 0. The predicted octanol–water partition coefficient (Wildman–Crippen LogP) is 15.8. The van der Waals surface area contributed by atoms with Crippen LogP contribution in [-0.4, -0.2) is 17.9 Å². The lowest BCUT2D eigenvalue weighted by Gasteiger charge is -2.12. The van der Waals surface area contributed by atoms with Crippen molar-refractivity contribution in [1.82, 2.24) is 0 Å². The van der Waals surface area contributed by atoms with E-state index in [2.05, 4.69) is 159 Å². The second kappa shape index (κ2) is 40.5. The van der Waals surface area contributed by atoms with Crippen molar-refractivity contribution in [3.8, 4) is 0 Å². The number of aliphatic hydroxyl groups is 1. The molecule has 0 saturated carbocycles. The molecule has 0 aliphatic rings. The topological polar surface area (TPSA) is 75.3 Å². The maximum Gasteiger partial charge on any atom is 0.119 e. The van der Waals surface area contributed by atoms with Gasteiger partial charge in [-0.25, -0.2) is 0 Å². The van der Waals surface area contributed by atoms with Crippen LogP contribution in [0.2, 0.25) is 0 Å². The maximum absolute atomic E-state index is 10.0. The van der Waals surface area contributed by atoms with Crippen LogP contribution in [0.25, 0.3) is 5.76 Å². The van der Waals surface area contributed by atoms with Crippen molar-refractivity contribution in [1.29, 1.82) is 0 Å². The summed E-state index contributed by atoms with van der Waals surface area (Å²) in [6.45, 7) is 31.8. The van der Waals surface area contributed by atoms with E-state index in [1.54, 1.807) is 0 Å². The van der Waals surface area contributed by atoms with E-state index >= 15 is 0 Å². The minimum atomic E-state index is 0.347. The van der Waals surface area contributed by atoms with E-state index in [1.807, 2.05) is 51.1 Å². The first-order chi connectivity index (χ1) is 27.7. The molecule has 0 amide bonds. The molecule has 0 heterocycles. The third kappa shape index (κ3) is 35.7. The summed E-state index contributed by atoms with van der Waals surface area (Å²) in [6.07, 6.45) is 13.8. The zero-order chi connectivity index (χ0) is 44.6. The van der Waals surface area contributed by atoms with E-state index in [0.717, 1.165) is 60.5 Å². The number of hydrogen-bond acceptors (Lipinski definition) is 4. The van der Waals surface area contributed by atoms with E-state index in [9.17, 15) is 5.11 Å². The molecule has 0 unspecified atom stereocenters. The Kier molecular flexibility index (Phi) is 40.3. The SMILES string of the molecule is C=C(CCc1ccccc1)Nc1ccc(C(O)=CCC)c(C)c1.CC(C)C.CC/C=C(/C)CCC.CC=O.CCCc1ccccc1.CCN.Cc1ccccc1C. The molecule has 0 fully saturated rings. The van der Waals surface area contributed by atoms with Crippen LogP contribution >= 0.6 is 0 Å². The third-order valence-corrected chi connectivity index (χ3v) is 7.78. The van der Waals surface area contributed by atoms with Crippen LogP contribution in [0.3, 0.4) is 0 Å². The van der Waals surface area contributed by atoms with Gasteiger partial charge in [0.1, 0.15) is 12.0 Å². The van der Waals surface area contributed by atoms with Crippen LogP contribution in [0.1, 0.15) is 141 Å². The number of aryl methyl sites for hydroxylation is 5. The van der Waals surface area contributed by atoms with Gasteiger partial charge in [0.05, 0.1) is 0 Å². The number of carbonyl (C=O) groups excluding carboxylic acids is 1. The van der Waals surface area contributed by atoms with Crippen LogP contribution < -0.4 is 11.1 Å². The third-order valence-electron chi connectivity index (χ3n) is 7.78. The number of carbonyl (C=O) groups is 1. The molecular weight excluding hydrogens is 709 g/mol. The Hall–Kier alpha value is -4.67. The van der Waals surface area contributed by atoms with E-state index in [1.165, 1.54) is 66.9 Å². The van der Waals surface area contributed by atoms with Crippen molar-refractivity contribution in [2.75, 3.05) is 11.9 Å². The molecule has 0 saturated heterocycles.